The molecule has 1 atom stereocenters. The van der Waals surface area contributed by atoms with Crippen molar-refractivity contribution in [3.05, 3.63) is 23.1 Å². The lowest BCUT2D eigenvalue weighted by Crippen LogP contribution is -2.33. The minimum atomic E-state index is 0.683. The number of nitrogens with zero attached hydrogens (tertiary/aromatic N) is 2. The minimum absolute atomic E-state index is 0.683. The molecule has 0 radical (unpaired) electrons. The van der Waals surface area contributed by atoms with E-state index < -0.39 is 0 Å². The molecule has 0 bridgehead atoms. The highest BCUT2D eigenvalue weighted by Gasteiger charge is 2.11. The van der Waals surface area contributed by atoms with E-state index in [-0.39, 0.29) is 0 Å². The summed E-state index contributed by atoms with van der Waals surface area (Å²) >= 11 is 0. The second-order valence-electron chi connectivity index (χ2n) is 4.59. The van der Waals surface area contributed by atoms with Crippen LogP contribution in [-0.4, -0.2) is 9.55 Å². The second-order valence-corrected chi connectivity index (χ2v) is 4.59. The molecule has 0 saturated heterocycles. The molecule has 2 heterocycles. The van der Waals surface area contributed by atoms with Crippen molar-refractivity contribution in [2.24, 2.45) is 5.92 Å². The Hall–Kier alpha value is -1.31. The van der Waals surface area contributed by atoms with E-state index in [0.717, 1.165) is 6.42 Å². The highest BCUT2D eigenvalue weighted by molar-refractivity contribution is 5.50. The maximum atomic E-state index is 4.46. The molecule has 1 aliphatic carbocycles. The Balaban J connectivity index is 2.29. The largest absolute Gasteiger partial charge is 0.306 e. The van der Waals surface area contributed by atoms with Crippen molar-refractivity contribution in [1.82, 2.24) is 9.55 Å². The van der Waals surface area contributed by atoms with Crippen molar-refractivity contribution in [2.75, 3.05) is 0 Å². The summed E-state index contributed by atoms with van der Waals surface area (Å²) in [6.45, 7) is 2.29. The lowest BCUT2D eigenvalue weighted by atomic mass is 9.95. The van der Waals surface area contributed by atoms with Crippen LogP contribution >= 0.6 is 0 Å². The molecule has 0 fully saturated rings. The Bertz CT molecular complexity index is 519. The van der Waals surface area contributed by atoms with Crippen molar-refractivity contribution < 1.29 is 0 Å². The third kappa shape index (κ3) is 1.44. The first-order valence-corrected chi connectivity index (χ1v) is 5.78. The average Bonchev–Trinajstić information content (AvgIpc) is 2.65. The molecular weight excluding hydrogens is 184 g/mol. The van der Waals surface area contributed by atoms with Crippen molar-refractivity contribution in [3.8, 4) is 0 Å². The second kappa shape index (κ2) is 3.37. The topological polar surface area (TPSA) is 17.8 Å². The Labute approximate surface area is 89.6 Å². The van der Waals surface area contributed by atoms with Gasteiger partial charge in [0.05, 0.1) is 17.0 Å². The van der Waals surface area contributed by atoms with E-state index in [0.29, 0.717) is 5.92 Å². The molecule has 15 heavy (non-hydrogen) atoms. The fourth-order valence-corrected chi connectivity index (χ4v) is 2.48. The average molecular weight is 200 g/mol. The standard InChI is InChI=1S/C13H16N2/c1-10-5-6-11-3-2-4-12-13(11)15(8-7-10)9-14-12/h4,7-10H,2-3,5-6H2,1H3/t10-/m0/s1. The maximum Gasteiger partial charge on any atom is 0.0999 e. The molecule has 0 saturated carbocycles. The number of rotatable bonds is 0. The van der Waals surface area contributed by atoms with Crippen LogP contribution in [0.1, 0.15) is 32.6 Å². The van der Waals surface area contributed by atoms with Gasteiger partial charge in [0.2, 0.25) is 0 Å². The molecule has 2 aliphatic rings. The highest BCUT2D eigenvalue weighted by atomic mass is 15.0. The van der Waals surface area contributed by atoms with Crippen molar-refractivity contribution in [2.45, 2.75) is 32.6 Å². The van der Waals surface area contributed by atoms with Gasteiger partial charge in [0, 0.05) is 6.20 Å². The molecule has 1 aromatic heterocycles. The van der Waals surface area contributed by atoms with E-state index in [2.05, 4.69) is 34.8 Å². The van der Waals surface area contributed by atoms with Gasteiger partial charge in [-0.1, -0.05) is 19.1 Å². The fraction of sp³-hybridized carbons (Fsp3) is 0.462. The first-order chi connectivity index (χ1) is 7.34. The van der Waals surface area contributed by atoms with Crippen LogP contribution in [0.5, 0.6) is 0 Å². The third-order valence-electron chi connectivity index (χ3n) is 3.42. The quantitative estimate of drug-likeness (QED) is 0.620. The predicted molar refractivity (Wildman–Crippen MR) is 62.3 cm³/mol. The van der Waals surface area contributed by atoms with Crippen molar-refractivity contribution in [3.63, 3.8) is 0 Å². The van der Waals surface area contributed by atoms with Gasteiger partial charge in [0.1, 0.15) is 0 Å². The zero-order valence-corrected chi connectivity index (χ0v) is 9.11. The number of hydrogen-bond acceptors (Lipinski definition) is 1. The Kier molecular flexibility index (Phi) is 2.01. The molecule has 0 amide bonds. The summed E-state index contributed by atoms with van der Waals surface area (Å²) in [6.07, 6.45) is 13.6. The van der Waals surface area contributed by atoms with Gasteiger partial charge in [-0.3, -0.25) is 0 Å². The monoisotopic (exact) mass is 200 g/mol. The van der Waals surface area contributed by atoms with Gasteiger partial charge in [0.15, 0.2) is 0 Å². The Morgan fingerprint density at radius 3 is 3.27 bits per heavy atom. The first kappa shape index (κ1) is 8.96. The lowest BCUT2D eigenvalue weighted by molar-refractivity contribution is 0.649. The summed E-state index contributed by atoms with van der Waals surface area (Å²) in [5.41, 5.74) is 1.60. The van der Waals surface area contributed by atoms with E-state index in [4.69, 9.17) is 0 Å². The molecular formula is C13H16N2. The van der Waals surface area contributed by atoms with Crippen molar-refractivity contribution in [1.29, 1.82) is 0 Å². The summed E-state index contributed by atoms with van der Waals surface area (Å²) in [6, 6.07) is 0. The van der Waals surface area contributed by atoms with Crippen LogP contribution in [0.2, 0.25) is 0 Å². The van der Waals surface area contributed by atoms with Gasteiger partial charge in [-0.15, -0.1) is 0 Å². The van der Waals surface area contributed by atoms with Crippen LogP contribution in [0.3, 0.4) is 0 Å². The van der Waals surface area contributed by atoms with Gasteiger partial charge >= 0.3 is 0 Å². The zero-order chi connectivity index (χ0) is 10.3. The molecule has 0 spiro atoms. The molecule has 2 heteroatoms. The maximum absolute atomic E-state index is 4.46. The molecule has 1 aliphatic heterocycles. The van der Waals surface area contributed by atoms with Gasteiger partial charge in [-0.25, -0.2) is 4.98 Å². The zero-order valence-electron chi connectivity index (χ0n) is 9.11. The summed E-state index contributed by atoms with van der Waals surface area (Å²) < 4.78 is 2.19. The molecule has 78 valence electrons. The van der Waals surface area contributed by atoms with E-state index in [1.807, 2.05) is 6.33 Å². The van der Waals surface area contributed by atoms with Crippen LogP contribution in [0.25, 0.3) is 17.8 Å². The van der Waals surface area contributed by atoms with Gasteiger partial charge in [0.25, 0.3) is 0 Å². The summed E-state index contributed by atoms with van der Waals surface area (Å²) in [7, 11) is 0. The van der Waals surface area contributed by atoms with E-state index >= 15 is 0 Å². The molecule has 0 unspecified atom stereocenters. The number of imidazole rings is 1. The van der Waals surface area contributed by atoms with Gasteiger partial charge < -0.3 is 4.57 Å². The molecule has 2 nitrogen and oxygen atoms in total. The normalized spacial score (nSPS) is 24.1. The Morgan fingerprint density at radius 2 is 2.33 bits per heavy atom. The number of aromatic nitrogens is 2. The Morgan fingerprint density at radius 1 is 1.40 bits per heavy atom. The van der Waals surface area contributed by atoms with E-state index in [9.17, 15) is 0 Å². The summed E-state index contributed by atoms with van der Waals surface area (Å²) in [5, 5.41) is 2.56. The van der Waals surface area contributed by atoms with Crippen LogP contribution in [0.4, 0.5) is 0 Å². The highest BCUT2D eigenvalue weighted by Crippen LogP contribution is 2.20. The molecule has 3 rings (SSSR count). The fourth-order valence-electron chi connectivity index (χ4n) is 2.48. The molecule has 1 aromatic rings. The molecule has 0 aromatic carbocycles. The van der Waals surface area contributed by atoms with Crippen LogP contribution in [0.15, 0.2) is 12.4 Å². The van der Waals surface area contributed by atoms with Gasteiger partial charge in [-0.05, 0) is 37.2 Å². The summed E-state index contributed by atoms with van der Waals surface area (Å²) in [4.78, 5) is 4.46. The van der Waals surface area contributed by atoms with Crippen LogP contribution in [0, 0.1) is 5.92 Å². The first-order valence-electron chi connectivity index (χ1n) is 5.78. The molecule has 0 N–H and O–H groups in total. The van der Waals surface area contributed by atoms with E-state index in [1.54, 1.807) is 5.57 Å². The van der Waals surface area contributed by atoms with Crippen molar-refractivity contribution >= 4 is 17.8 Å². The van der Waals surface area contributed by atoms with Gasteiger partial charge in [-0.2, -0.15) is 0 Å². The predicted octanol–water partition coefficient (Wildman–Crippen LogP) is 1.51. The SMILES string of the molecule is C[C@@H]1C=Cn2cnc3c2=C(CCC=3)CC1. The smallest absolute Gasteiger partial charge is 0.0999 e. The van der Waals surface area contributed by atoms with Crippen LogP contribution in [-0.2, 0) is 0 Å². The van der Waals surface area contributed by atoms with E-state index in [1.165, 1.54) is 30.0 Å². The third-order valence-corrected chi connectivity index (χ3v) is 3.42. The number of hydrogen-bond donors (Lipinski definition) is 0. The summed E-state index contributed by atoms with van der Waals surface area (Å²) in [5.74, 6) is 0.683. The lowest BCUT2D eigenvalue weighted by Gasteiger charge is -2.14. The minimum Gasteiger partial charge on any atom is -0.306 e. The number of allylic oxidation sites excluding steroid dienone is 1. The van der Waals surface area contributed by atoms with Crippen LogP contribution < -0.4 is 10.7 Å².